The zero-order valence-electron chi connectivity index (χ0n) is 15.1. The third-order valence-corrected chi connectivity index (χ3v) is 5.12. The number of nitrogens with one attached hydrogen (secondary N) is 1. The Morgan fingerprint density at radius 2 is 2.00 bits per heavy atom. The van der Waals surface area contributed by atoms with E-state index in [-0.39, 0.29) is 23.5 Å². The third kappa shape index (κ3) is 3.33. The molecule has 0 unspecified atom stereocenters. The average Bonchev–Trinajstić information content (AvgIpc) is 3.29. The average molecular weight is 383 g/mol. The standard InChI is InChI=1S/C20H18FN3O4/c1-10-17-15(18(25)22-14-7-4-12(8-14)20(26)27)9-16(23-19(17)28-24-10)11-2-5-13(21)6-3-11/h2-3,5-6,9,12,14H,4,7-8H2,1H3,(H,22,25)(H,26,27)/t12-,14+/m0/s1. The van der Waals surface area contributed by atoms with Crippen LogP contribution in [-0.2, 0) is 4.79 Å². The summed E-state index contributed by atoms with van der Waals surface area (Å²) in [6, 6.07) is 7.20. The van der Waals surface area contributed by atoms with Gasteiger partial charge in [0, 0.05) is 11.6 Å². The van der Waals surface area contributed by atoms with Crippen LogP contribution in [0.3, 0.4) is 0 Å². The SMILES string of the molecule is Cc1noc2nc(-c3ccc(F)cc3)cc(C(=O)N[C@@H]3CC[C@H](C(=O)O)C3)c12. The number of carbonyl (C=O) groups excluding carboxylic acids is 1. The second-order valence-electron chi connectivity index (χ2n) is 7.03. The van der Waals surface area contributed by atoms with Gasteiger partial charge in [-0.05, 0) is 56.5 Å². The van der Waals surface area contributed by atoms with Crippen molar-refractivity contribution in [2.45, 2.75) is 32.2 Å². The molecule has 1 saturated carbocycles. The summed E-state index contributed by atoms with van der Waals surface area (Å²) in [6.07, 6.45) is 1.56. The van der Waals surface area contributed by atoms with Crippen molar-refractivity contribution in [3.05, 3.63) is 47.4 Å². The Hall–Kier alpha value is -3.29. The van der Waals surface area contributed by atoms with Crippen molar-refractivity contribution in [1.29, 1.82) is 0 Å². The summed E-state index contributed by atoms with van der Waals surface area (Å²) < 4.78 is 18.5. The Kier molecular flexibility index (Phi) is 4.54. The van der Waals surface area contributed by atoms with E-state index in [0.717, 1.165) is 0 Å². The van der Waals surface area contributed by atoms with Gasteiger partial charge in [-0.3, -0.25) is 9.59 Å². The summed E-state index contributed by atoms with van der Waals surface area (Å²) in [4.78, 5) is 28.5. The van der Waals surface area contributed by atoms with Crippen molar-refractivity contribution in [3.63, 3.8) is 0 Å². The highest BCUT2D eigenvalue weighted by Crippen LogP contribution is 2.29. The van der Waals surface area contributed by atoms with E-state index in [4.69, 9.17) is 9.63 Å². The van der Waals surface area contributed by atoms with E-state index in [0.29, 0.717) is 47.2 Å². The number of fused-ring (bicyclic) bond motifs is 1. The van der Waals surface area contributed by atoms with Crippen LogP contribution in [0.25, 0.3) is 22.4 Å². The summed E-state index contributed by atoms with van der Waals surface area (Å²) in [5, 5.41) is 16.5. The van der Waals surface area contributed by atoms with Crippen LogP contribution in [0.5, 0.6) is 0 Å². The first kappa shape index (κ1) is 18.1. The van der Waals surface area contributed by atoms with Gasteiger partial charge in [-0.15, -0.1) is 0 Å². The number of hydrogen-bond acceptors (Lipinski definition) is 5. The van der Waals surface area contributed by atoms with Crippen molar-refractivity contribution < 1.29 is 23.6 Å². The molecule has 2 aromatic heterocycles. The quantitative estimate of drug-likeness (QED) is 0.716. The highest BCUT2D eigenvalue weighted by Gasteiger charge is 2.31. The van der Waals surface area contributed by atoms with Gasteiger partial charge in [0.05, 0.1) is 28.3 Å². The number of aryl methyl sites for hydroxylation is 1. The highest BCUT2D eigenvalue weighted by atomic mass is 19.1. The van der Waals surface area contributed by atoms with Crippen molar-refractivity contribution in [2.75, 3.05) is 0 Å². The molecule has 0 aliphatic heterocycles. The van der Waals surface area contributed by atoms with E-state index in [1.165, 1.54) is 12.1 Å². The van der Waals surface area contributed by atoms with Gasteiger partial charge in [-0.25, -0.2) is 9.37 Å². The Morgan fingerprint density at radius 1 is 1.25 bits per heavy atom. The van der Waals surface area contributed by atoms with Gasteiger partial charge in [-0.1, -0.05) is 5.16 Å². The number of rotatable bonds is 4. The first-order valence-electron chi connectivity index (χ1n) is 8.99. The maximum Gasteiger partial charge on any atom is 0.306 e. The molecule has 0 bridgehead atoms. The van der Waals surface area contributed by atoms with Crippen LogP contribution in [-0.4, -0.2) is 33.2 Å². The number of hydrogen-bond donors (Lipinski definition) is 2. The van der Waals surface area contributed by atoms with Crippen LogP contribution < -0.4 is 5.32 Å². The molecule has 0 spiro atoms. The molecule has 1 fully saturated rings. The molecule has 1 aliphatic carbocycles. The van der Waals surface area contributed by atoms with E-state index in [9.17, 15) is 14.0 Å². The lowest BCUT2D eigenvalue weighted by Crippen LogP contribution is -2.33. The van der Waals surface area contributed by atoms with E-state index in [1.54, 1.807) is 25.1 Å². The largest absolute Gasteiger partial charge is 0.481 e. The summed E-state index contributed by atoms with van der Waals surface area (Å²) >= 11 is 0. The molecule has 2 heterocycles. The second-order valence-corrected chi connectivity index (χ2v) is 7.03. The van der Waals surface area contributed by atoms with E-state index in [2.05, 4.69) is 15.5 Å². The number of benzene rings is 1. The van der Waals surface area contributed by atoms with Crippen LogP contribution in [0.4, 0.5) is 4.39 Å². The maximum atomic E-state index is 13.2. The smallest absolute Gasteiger partial charge is 0.306 e. The number of pyridine rings is 1. The number of aromatic nitrogens is 2. The van der Waals surface area contributed by atoms with Crippen molar-refractivity contribution >= 4 is 23.0 Å². The molecule has 3 aromatic rings. The summed E-state index contributed by atoms with van der Waals surface area (Å²) in [6.45, 7) is 1.72. The van der Waals surface area contributed by atoms with Crippen LogP contribution in [0.15, 0.2) is 34.9 Å². The second kappa shape index (κ2) is 7.03. The third-order valence-electron chi connectivity index (χ3n) is 5.12. The molecule has 2 atom stereocenters. The van der Waals surface area contributed by atoms with E-state index in [1.807, 2.05) is 0 Å². The predicted molar refractivity (Wildman–Crippen MR) is 98.2 cm³/mol. The van der Waals surface area contributed by atoms with Crippen molar-refractivity contribution in [1.82, 2.24) is 15.5 Å². The molecule has 28 heavy (non-hydrogen) atoms. The van der Waals surface area contributed by atoms with Gasteiger partial charge in [0.25, 0.3) is 11.6 Å². The molecule has 4 rings (SSSR count). The number of aliphatic carboxylic acids is 1. The Labute approximate surface area is 159 Å². The fraction of sp³-hybridized carbons (Fsp3) is 0.300. The minimum atomic E-state index is -0.837. The number of halogens is 1. The highest BCUT2D eigenvalue weighted by molar-refractivity contribution is 6.07. The molecular weight excluding hydrogens is 365 g/mol. The molecule has 1 aromatic carbocycles. The van der Waals surface area contributed by atoms with Gasteiger partial charge in [0.2, 0.25) is 0 Å². The van der Waals surface area contributed by atoms with Crippen LogP contribution in [0, 0.1) is 18.7 Å². The molecule has 1 aliphatic rings. The molecular formula is C20H18FN3O4. The Bertz CT molecular complexity index is 1060. The van der Waals surface area contributed by atoms with Crippen molar-refractivity contribution in [2.24, 2.45) is 5.92 Å². The van der Waals surface area contributed by atoms with Gasteiger partial charge < -0.3 is 14.9 Å². The van der Waals surface area contributed by atoms with E-state index < -0.39 is 11.9 Å². The van der Waals surface area contributed by atoms with E-state index >= 15 is 0 Å². The topological polar surface area (TPSA) is 105 Å². The van der Waals surface area contributed by atoms with Crippen molar-refractivity contribution in [3.8, 4) is 11.3 Å². The van der Waals surface area contributed by atoms with Crippen LogP contribution in [0.1, 0.15) is 35.3 Å². The summed E-state index contributed by atoms with van der Waals surface area (Å²) in [7, 11) is 0. The number of carboxylic acids is 1. The fourth-order valence-corrected chi connectivity index (χ4v) is 3.64. The van der Waals surface area contributed by atoms with Gasteiger partial charge in [0.15, 0.2) is 0 Å². The zero-order chi connectivity index (χ0) is 19.8. The minimum absolute atomic E-state index is 0.203. The zero-order valence-corrected chi connectivity index (χ0v) is 15.1. The Balaban J connectivity index is 1.69. The number of carboxylic acid groups (broad SMARTS) is 1. The lowest BCUT2D eigenvalue weighted by molar-refractivity contribution is -0.141. The fourth-order valence-electron chi connectivity index (χ4n) is 3.64. The maximum absolute atomic E-state index is 13.2. The molecule has 0 radical (unpaired) electrons. The van der Waals surface area contributed by atoms with Gasteiger partial charge >= 0.3 is 5.97 Å². The first-order valence-corrected chi connectivity index (χ1v) is 8.99. The molecule has 144 valence electrons. The number of amides is 1. The molecule has 7 nitrogen and oxygen atoms in total. The molecule has 8 heteroatoms. The molecule has 2 N–H and O–H groups in total. The first-order chi connectivity index (χ1) is 13.4. The Morgan fingerprint density at radius 3 is 2.68 bits per heavy atom. The van der Waals surface area contributed by atoms with Gasteiger partial charge in [0.1, 0.15) is 5.82 Å². The normalized spacial score (nSPS) is 19.1. The predicted octanol–water partition coefficient (Wildman–Crippen LogP) is 3.32. The van der Waals surface area contributed by atoms with Crippen LogP contribution in [0.2, 0.25) is 0 Å². The minimum Gasteiger partial charge on any atom is -0.481 e. The molecule has 0 saturated heterocycles. The lowest BCUT2D eigenvalue weighted by Gasteiger charge is -2.13. The summed E-state index contributed by atoms with van der Waals surface area (Å²) in [5.41, 5.74) is 2.20. The summed E-state index contributed by atoms with van der Waals surface area (Å²) in [5.74, 6) is -1.97. The van der Waals surface area contributed by atoms with Crippen LogP contribution >= 0.6 is 0 Å². The van der Waals surface area contributed by atoms with Gasteiger partial charge in [-0.2, -0.15) is 0 Å². The molecule has 1 amide bonds. The monoisotopic (exact) mass is 383 g/mol. The number of nitrogens with zero attached hydrogens (tertiary/aromatic N) is 2. The number of carbonyl (C=O) groups is 2. The lowest BCUT2D eigenvalue weighted by atomic mass is 10.0.